The summed E-state index contributed by atoms with van der Waals surface area (Å²) in [6, 6.07) is 46.5. The summed E-state index contributed by atoms with van der Waals surface area (Å²) >= 11 is 0. The van der Waals surface area contributed by atoms with Crippen LogP contribution in [-0.2, 0) is 93.4 Å². The fourth-order valence-corrected chi connectivity index (χ4v) is 21.9. The summed E-state index contributed by atoms with van der Waals surface area (Å²) in [5, 5.41) is 13.8. The summed E-state index contributed by atoms with van der Waals surface area (Å²) in [5.74, 6) is -1.42. The third kappa shape index (κ3) is 25.8. The molecule has 684 valence electrons. The number of carbonyl (C=O) groups is 2. The first-order chi connectivity index (χ1) is 58.9. The Morgan fingerprint density at radius 2 is 0.712 bits per heavy atom. The van der Waals surface area contributed by atoms with Crippen molar-refractivity contribution in [2.75, 3.05) is 92.2 Å². The van der Waals surface area contributed by atoms with E-state index < -0.39 is 70.6 Å². The average molecular weight is 1800 g/mol. The average Bonchev–Trinajstić information content (AvgIpc) is 0.767. The highest BCUT2D eigenvalue weighted by molar-refractivity contribution is 7.89. The number of hydrogen-bond acceptors (Lipinski definition) is 16. The number of nitrogens with zero attached hydrogens (tertiary/aromatic N) is 3. The highest BCUT2D eigenvalue weighted by atomic mass is 35.5. The van der Waals surface area contributed by atoms with Gasteiger partial charge in [-0.2, -0.15) is 13.9 Å². The first kappa shape index (κ1) is 101. The zero-order chi connectivity index (χ0) is 89.9. The molecule has 125 heavy (non-hydrogen) atoms. The van der Waals surface area contributed by atoms with Gasteiger partial charge in [0.2, 0.25) is 20.0 Å². The molecule has 7 saturated heterocycles. The number of benzene rings is 7. The minimum atomic E-state index is -3.67. The molecule has 6 N–H and O–H groups in total. The van der Waals surface area contributed by atoms with E-state index >= 15 is 8.78 Å². The van der Waals surface area contributed by atoms with Crippen molar-refractivity contribution in [1.82, 2.24) is 19.2 Å². The molecule has 28 heteroatoms. The SMILES string of the molecule is C[C@H]1CC[C@H](c2ccccc2)S(=O)(=O)N1Cc1ccc(C2(CN)CCOCC2)cc1F.C[C@H]1CC[C@H](c2ccccc2)S(=O)(=O)N1Cc1ccc(C2(CNC(=O)OC(C)(C)C)CCOCC2)cc1F.Cc1ccc(C2(C#N)CCOCC2)cc1F.Cc1ccc(C2(CN)CCOCC2)cc1F.Cc1ccc(C2(CNC(=O)OC(C)(C)C)CCOCC2)cc1F.Cl. The molecule has 7 aliphatic heterocycles. The number of hydrogen-bond donors (Lipinski definition) is 4. The number of carbonyl (C=O) groups excluding carboxylic acids is 2. The molecule has 7 aromatic rings. The maximum absolute atomic E-state index is 15.6. The predicted molar refractivity (Wildman–Crippen MR) is 479 cm³/mol. The largest absolute Gasteiger partial charge is 0.444 e. The molecule has 0 aromatic heterocycles. The fourth-order valence-electron chi connectivity index (χ4n) is 17.5. The van der Waals surface area contributed by atoms with Crippen LogP contribution in [0, 0.1) is 61.2 Å². The molecule has 0 aliphatic carbocycles. The van der Waals surface area contributed by atoms with Crippen molar-refractivity contribution < 1.29 is 81.5 Å². The van der Waals surface area contributed by atoms with Crippen molar-refractivity contribution in [2.45, 2.75) is 240 Å². The zero-order valence-electron chi connectivity index (χ0n) is 74.4. The Labute approximate surface area is 743 Å². The molecule has 4 atom stereocenters. The van der Waals surface area contributed by atoms with Crippen LogP contribution < -0.4 is 22.1 Å². The van der Waals surface area contributed by atoms with E-state index in [4.69, 9.17) is 44.6 Å². The number of halogens is 6. The molecule has 0 saturated carbocycles. The number of nitriles is 1. The van der Waals surface area contributed by atoms with Gasteiger partial charge in [-0.1, -0.05) is 121 Å². The third-order valence-electron chi connectivity index (χ3n) is 25.7. The third-order valence-corrected chi connectivity index (χ3v) is 30.5. The molecule has 7 aromatic carbocycles. The second kappa shape index (κ2) is 44.4. The van der Waals surface area contributed by atoms with Gasteiger partial charge in [0.15, 0.2) is 0 Å². The van der Waals surface area contributed by atoms with E-state index in [1.165, 1.54) is 20.7 Å². The number of aryl methyl sites for hydroxylation is 3. The van der Waals surface area contributed by atoms with Crippen molar-refractivity contribution >= 4 is 44.6 Å². The first-order valence-corrected chi connectivity index (χ1v) is 46.5. The second-order valence-corrected chi connectivity index (χ2v) is 40.5. The topological polar surface area (TPSA) is 273 Å². The molecule has 7 aliphatic rings. The zero-order valence-corrected chi connectivity index (χ0v) is 76.8. The fraction of sp³-hybridized carbons (Fsp3) is 0.536. The second-order valence-electron chi connectivity index (χ2n) is 36.3. The Kier molecular flexibility index (Phi) is 35.8. The molecule has 20 nitrogen and oxygen atoms in total. The van der Waals surface area contributed by atoms with Crippen molar-refractivity contribution in [1.29, 1.82) is 5.26 Å². The van der Waals surface area contributed by atoms with Gasteiger partial charge >= 0.3 is 12.2 Å². The van der Waals surface area contributed by atoms with Gasteiger partial charge < -0.3 is 55.3 Å². The molecule has 0 spiro atoms. The molecule has 14 rings (SSSR count). The predicted octanol–water partition coefficient (Wildman–Crippen LogP) is 18.3. The lowest BCUT2D eigenvalue weighted by Crippen LogP contribution is -2.46. The van der Waals surface area contributed by atoms with E-state index in [1.807, 2.05) is 132 Å². The van der Waals surface area contributed by atoms with E-state index in [9.17, 15) is 44.9 Å². The lowest BCUT2D eigenvalue weighted by Gasteiger charge is -2.39. The minimum absolute atomic E-state index is 0. The van der Waals surface area contributed by atoms with Crippen LogP contribution in [0.25, 0.3) is 0 Å². The molecule has 0 radical (unpaired) electrons. The van der Waals surface area contributed by atoms with Gasteiger partial charge in [-0.05, 0) is 252 Å². The van der Waals surface area contributed by atoms with Gasteiger partial charge in [0.05, 0.1) is 11.5 Å². The van der Waals surface area contributed by atoms with Crippen LogP contribution in [0.4, 0.5) is 31.5 Å². The molecule has 0 bridgehead atoms. The molecular weight excluding hydrogens is 1670 g/mol. The Balaban J connectivity index is 0.000000184. The van der Waals surface area contributed by atoms with Gasteiger partial charge in [0.1, 0.15) is 50.8 Å². The molecule has 7 heterocycles. The van der Waals surface area contributed by atoms with E-state index in [0.717, 1.165) is 83.9 Å². The Hall–Kier alpha value is -7.95. The van der Waals surface area contributed by atoms with E-state index in [-0.39, 0.29) is 77.1 Å². The Morgan fingerprint density at radius 3 is 1.01 bits per heavy atom. The van der Waals surface area contributed by atoms with Gasteiger partial charge in [-0.15, -0.1) is 12.4 Å². The summed E-state index contributed by atoms with van der Waals surface area (Å²) < 4.78 is 167. The standard InChI is InChI=1S/C29H39FN2O5S.C24H31FN2O3S.C18H26FNO3.C13H18FNO.C13H14FNO.ClH/c1-21-10-13-26(22-8-6-5-7-9-22)38(34,35)32(21)19-23-11-12-24(18-25(23)30)29(14-16-36-17-15-29)20-31-27(33)37-28(2,3)4;1-18-7-10-23(19-5-3-2-4-6-19)31(28,29)27(18)16-20-8-9-21(15-22(20)25)24(17-26)11-13-30-14-12-24;1-13-5-6-14(11-15(13)19)18(7-9-22-10-8-18)12-20-16(21)23-17(2,3)4;2*1-10-2-3-11(8-12(10)14)13(9-15)4-6-16-7-5-13;/h5-9,11-12,18,21,26H,10,13-17,19-20H2,1-4H3,(H,31,33);2-6,8-9,15,18,23H,7,10-14,16-17,26H2,1H3;5-6,11H,7-10,12H2,1-4H3,(H,20,21);2-3,8H,4-7,9,15H2,1H3;2-3,8H,4-7H2,1H3;1H/t21-,26+;18-,23+;;;;/m00..../s1. The summed E-state index contributed by atoms with van der Waals surface area (Å²) in [4.78, 5) is 24.3. The lowest BCUT2D eigenvalue weighted by molar-refractivity contribution is 0.0370. The van der Waals surface area contributed by atoms with Gasteiger partial charge in [0.25, 0.3) is 0 Å². The lowest BCUT2D eigenvalue weighted by atomic mass is 9.74. The summed E-state index contributed by atoms with van der Waals surface area (Å²) in [6.07, 6.45) is 8.91. The van der Waals surface area contributed by atoms with Crippen LogP contribution in [-0.4, -0.2) is 153 Å². The van der Waals surface area contributed by atoms with Crippen molar-refractivity contribution in [3.05, 3.63) is 248 Å². The monoisotopic (exact) mass is 1790 g/mol. The van der Waals surface area contributed by atoms with Crippen LogP contribution in [0.2, 0.25) is 0 Å². The van der Waals surface area contributed by atoms with E-state index in [1.54, 1.807) is 84.0 Å². The number of amides is 2. The number of nitrogens with one attached hydrogen (secondary N) is 2. The summed E-state index contributed by atoms with van der Waals surface area (Å²) in [6.45, 7) is 27.6. The highest BCUT2D eigenvalue weighted by Gasteiger charge is 2.45. The minimum Gasteiger partial charge on any atom is -0.444 e. The number of alkyl carbamates (subject to hydrolysis) is 2. The molecule has 7 fully saturated rings. The Morgan fingerprint density at radius 1 is 0.432 bits per heavy atom. The molecular formula is C97H129ClF5N7O13S2. The maximum Gasteiger partial charge on any atom is 0.407 e. The van der Waals surface area contributed by atoms with Crippen LogP contribution in [0.3, 0.4) is 0 Å². The summed E-state index contributed by atoms with van der Waals surface area (Å²) in [7, 11) is -7.27. The number of nitrogens with two attached hydrogens (primary N) is 2. The van der Waals surface area contributed by atoms with Crippen molar-refractivity contribution in [2.24, 2.45) is 11.5 Å². The molecule has 0 unspecified atom stereocenters. The van der Waals surface area contributed by atoms with Crippen LogP contribution in [0.5, 0.6) is 0 Å². The first-order valence-electron chi connectivity index (χ1n) is 43.5. The smallest absolute Gasteiger partial charge is 0.407 e. The van der Waals surface area contributed by atoms with Gasteiger partial charge in [-0.25, -0.2) is 48.4 Å². The normalized spacial score (nSPS) is 21.8. The number of sulfonamides is 2. The van der Waals surface area contributed by atoms with Crippen LogP contribution in [0.15, 0.2) is 152 Å². The highest BCUT2D eigenvalue weighted by Crippen LogP contribution is 2.44. The number of ether oxygens (including phenoxy) is 7. The number of rotatable bonds is 17. The maximum atomic E-state index is 15.6. The van der Waals surface area contributed by atoms with Gasteiger partial charge in [0, 0.05) is 150 Å². The van der Waals surface area contributed by atoms with E-state index in [0.29, 0.717) is 165 Å². The quantitative estimate of drug-likeness (QED) is 0.0617. The van der Waals surface area contributed by atoms with Gasteiger partial charge in [-0.3, -0.25) is 0 Å². The van der Waals surface area contributed by atoms with Crippen LogP contribution in [0.1, 0.15) is 223 Å². The molecule has 2 amide bonds. The Bertz CT molecular complexity index is 4970. The van der Waals surface area contributed by atoms with Crippen molar-refractivity contribution in [3.63, 3.8) is 0 Å². The van der Waals surface area contributed by atoms with E-state index in [2.05, 4.69) is 16.7 Å². The van der Waals surface area contributed by atoms with Crippen molar-refractivity contribution in [3.8, 4) is 6.07 Å². The van der Waals surface area contributed by atoms with Crippen LogP contribution >= 0.6 is 12.4 Å². The summed E-state index contributed by atoms with van der Waals surface area (Å²) in [5.41, 5.74) is 17.6.